The molecule has 1 saturated carbocycles. The second kappa shape index (κ2) is 5.96. The molecule has 1 nitrogen and oxygen atoms in total. The van der Waals surface area contributed by atoms with Gasteiger partial charge in [0.1, 0.15) is 5.82 Å². The smallest absolute Gasteiger partial charge is 0.128 e. The Morgan fingerprint density at radius 2 is 2.00 bits per heavy atom. The Morgan fingerprint density at radius 1 is 1.29 bits per heavy atom. The van der Waals surface area contributed by atoms with Crippen molar-refractivity contribution in [3.8, 4) is 0 Å². The fraction of sp³-hybridized carbons (Fsp3) is 0.571. The third kappa shape index (κ3) is 3.52. The molecule has 0 bridgehead atoms. The van der Waals surface area contributed by atoms with Gasteiger partial charge in [-0.1, -0.05) is 35.2 Å². The highest BCUT2D eigenvalue weighted by atomic mass is 79.9. The first-order chi connectivity index (χ1) is 8.16. The van der Waals surface area contributed by atoms with Crippen LogP contribution in [0.4, 0.5) is 4.39 Å². The van der Waals surface area contributed by atoms with Crippen molar-refractivity contribution in [3.63, 3.8) is 0 Å². The molecule has 17 heavy (non-hydrogen) atoms. The predicted molar refractivity (Wildman–Crippen MR) is 72.5 cm³/mol. The first kappa shape index (κ1) is 13.0. The number of hydrogen-bond acceptors (Lipinski definition) is 1. The average molecular weight is 300 g/mol. The standard InChI is InChI=1S/C14H19BrFN/c1-10(17-12-5-3-2-4-6-12)13-9-11(15)7-8-14(13)16/h7-10,12,17H,2-6H2,1H3. The van der Waals surface area contributed by atoms with Crippen LogP contribution in [0.5, 0.6) is 0 Å². The molecule has 1 fully saturated rings. The largest absolute Gasteiger partial charge is 0.307 e. The van der Waals surface area contributed by atoms with E-state index in [1.54, 1.807) is 6.07 Å². The monoisotopic (exact) mass is 299 g/mol. The molecular formula is C14H19BrFN. The lowest BCUT2D eigenvalue weighted by molar-refractivity contribution is 0.343. The highest BCUT2D eigenvalue weighted by molar-refractivity contribution is 9.10. The molecule has 0 spiro atoms. The summed E-state index contributed by atoms with van der Waals surface area (Å²) in [6, 6.07) is 5.77. The Morgan fingerprint density at radius 3 is 2.71 bits per heavy atom. The van der Waals surface area contributed by atoms with Gasteiger partial charge in [0.2, 0.25) is 0 Å². The summed E-state index contributed by atoms with van der Waals surface area (Å²) in [7, 11) is 0. The Bertz CT molecular complexity index is 374. The molecule has 0 saturated heterocycles. The topological polar surface area (TPSA) is 12.0 Å². The maximum atomic E-state index is 13.7. The van der Waals surface area contributed by atoms with Crippen molar-refractivity contribution < 1.29 is 4.39 Å². The van der Waals surface area contributed by atoms with Crippen LogP contribution >= 0.6 is 15.9 Å². The van der Waals surface area contributed by atoms with Crippen molar-refractivity contribution in [1.82, 2.24) is 5.32 Å². The van der Waals surface area contributed by atoms with Crippen molar-refractivity contribution >= 4 is 15.9 Å². The molecule has 1 aliphatic rings. The zero-order valence-electron chi connectivity index (χ0n) is 10.2. The molecule has 3 heteroatoms. The van der Waals surface area contributed by atoms with Gasteiger partial charge in [-0.05, 0) is 38.0 Å². The van der Waals surface area contributed by atoms with Gasteiger partial charge in [0.15, 0.2) is 0 Å². The van der Waals surface area contributed by atoms with Crippen molar-refractivity contribution in [2.24, 2.45) is 0 Å². The van der Waals surface area contributed by atoms with Crippen LogP contribution in [-0.4, -0.2) is 6.04 Å². The third-order valence-electron chi connectivity index (χ3n) is 3.52. The number of rotatable bonds is 3. The Hall–Kier alpha value is -0.410. The van der Waals surface area contributed by atoms with Crippen LogP contribution in [0.25, 0.3) is 0 Å². The fourth-order valence-electron chi connectivity index (χ4n) is 2.56. The second-order valence-corrected chi connectivity index (χ2v) is 5.80. The third-order valence-corrected chi connectivity index (χ3v) is 4.01. The van der Waals surface area contributed by atoms with E-state index in [0.717, 1.165) is 10.0 Å². The minimum atomic E-state index is -0.121. The highest BCUT2D eigenvalue weighted by Gasteiger charge is 2.18. The summed E-state index contributed by atoms with van der Waals surface area (Å²) in [5, 5.41) is 3.54. The minimum absolute atomic E-state index is 0.0793. The van der Waals surface area contributed by atoms with Crippen molar-refractivity contribution in [2.75, 3.05) is 0 Å². The van der Waals surface area contributed by atoms with Gasteiger partial charge >= 0.3 is 0 Å². The van der Waals surface area contributed by atoms with Gasteiger partial charge in [-0.15, -0.1) is 0 Å². The van der Waals surface area contributed by atoms with Crippen molar-refractivity contribution in [3.05, 3.63) is 34.1 Å². The first-order valence-electron chi connectivity index (χ1n) is 6.38. The molecular weight excluding hydrogens is 281 g/mol. The molecule has 0 heterocycles. The van der Waals surface area contributed by atoms with E-state index in [-0.39, 0.29) is 11.9 Å². The van der Waals surface area contributed by atoms with Gasteiger partial charge in [-0.2, -0.15) is 0 Å². The summed E-state index contributed by atoms with van der Waals surface area (Å²) in [6.45, 7) is 2.04. The van der Waals surface area contributed by atoms with Gasteiger partial charge in [0.05, 0.1) is 0 Å². The summed E-state index contributed by atoms with van der Waals surface area (Å²) < 4.78 is 14.6. The molecule has 1 N–H and O–H groups in total. The van der Waals surface area contributed by atoms with Gasteiger partial charge in [0, 0.05) is 22.1 Å². The van der Waals surface area contributed by atoms with Gasteiger partial charge < -0.3 is 5.32 Å². The molecule has 1 aliphatic carbocycles. The van der Waals surface area contributed by atoms with Crippen molar-refractivity contribution in [2.45, 2.75) is 51.1 Å². The Kier molecular flexibility index (Phi) is 4.57. The maximum absolute atomic E-state index is 13.7. The number of nitrogens with one attached hydrogen (secondary N) is 1. The van der Waals surface area contributed by atoms with Crippen LogP contribution in [0, 0.1) is 5.82 Å². The molecule has 0 amide bonds. The molecule has 0 radical (unpaired) electrons. The summed E-state index contributed by atoms with van der Waals surface area (Å²) in [5.41, 5.74) is 0.755. The summed E-state index contributed by atoms with van der Waals surface area (Å²) in [4.78, 5) is 0. The van der Waals surface area contributed by atoms with Crippen molar-refractivity contribution in [1.29, 1.82) is 0 Å². The highest BCUT2D eigenvalue weighted by Crippen LogP contribution is 2.24. The molecule has 1 aromatic rings. The molecule has 2 rings (SSSR count). The minimum Gasteiger partial charge on any atom is -0.307 e. The van der Waals surface area contributed by atoms with E-state index in [2.05, 4.69) is 21.2 Å². The maximum Gasteiger partial charge on any atom is 0.128 e. The normalized spacial score (nSPS) is 19.2. The van der Waals surface area contributed by atoms with Crippen LogP contribution in [-0.2, 0) is 0 Å². The van der Waals surface area contributed by atoms with Crippen LogP contribution in [0.3, 0.4) is 0 Å². The molecule has 0 aromatic heterocycles. The molecule has 1 atom stereocenters. The predicted octanol–water partition coefficient (Wildman–Crippen LogP) is 4.57. The number of benzene rings is 1. The van der Waals surface area contributed by atoms with E-state index in [4.69, 9.17) is 0 Å². The SMILES string of the molecule is CC(NC1CCCCC1)c1cc(Br)ccc1F. The second-order valence-electron chi connectivity index (χ2n) is 4.89. The number of hydrogen-bond donors (Lipinski definition) is 1. The van der Waals surface area contributed by atoms with Crippen LogP contribution in [0.15, 0.2) is 22.7 Å². The van der Waals surface area contributed by atoms with Crippen LogP contribution < -0.4 is 5.32 Å². The first-order valence-corrected chi connectivity index (χ1v) is 7.17. The lowest BCUT2D eigenvalue weighted by Crippen LogP contribution is -2.33. The zero-order chi connectivity index (χ0) is 12.3. The van der Waals surface area contributed by atoms with Crippen LogP contribution in [0.2, 0.25) is 0 Å². The van der Waals surface area contributed by atoms with E-state index in [0.29, 0.717) is 6.04 Å². The van der Waals surface area contributed by atoms with Gasteiger partial charge in [-0.3, -0.25) is 0 Å². The lowest BCUT2D eigenvalue weighted by atomic mass is 9.94. The zero-order valence-corrected chi connectivity index (χ0v) is 11.8. The van der Waals surface area contributed by atoms with Gasteiger partial charge in [-0.25, -0.2) is 4.39 Å². The molecule has 1 unspecified atom stereocenters. The lowest BCUT2D eigenvalue weighted by Gasteiger charge is -2.27. The molecule has 94 valence electrons. The fourth-order valence-corrected chi connectivity index (χ4v) is 2.94. The quantitative estimate of drug-likeness (QED) is 0.862. The molecule has 1 aromatic carbocycles. The van der Waals surface area contributed by atoms with E-state index >= 15 is 0 Å². The van der Waals surface area contributed by atoms with E-state index < -0.39 is 0 Å². The average Bonchev–Trinajstić information content (AvgIpc) is 2.33. The summed E-state index contributed by atoms with van der Waals surface area (Å²) in [6.07, 6.45) is 6.38. The summed E-state index contributed by atoms with van der Waals surface area (Å²) >= 11 is 3.40. The van der Waals surface area contributed by atoms with E-state index in [9.17, 15) is 4.39 Å². The number of halogens is 2. The summed E-state index contributed by atoms with van der Waals surface area (Å²) in [5.74, 6) is -0.121. The Balaban J connectivity index is 2.02. The Labute approximate surface area is 111 Å². The van der Waals surface area contributed by atoms with E-state index in [1.807, 2.05) is 13.0 Å². The van der Waals surface area contributed by atoms with Crippen LogP contribution in [0.1, 0.15) is 50.6 Å². The van der Waals surface area contributed by atoms with E-state index in [1.165, 1.54) is 38.2 Å². The van der Waals surface area contributed by atoms with Gasteiger partial charge in [0.25, 0.3) is 0 Å². The molecule has 0 aliphatic heterocycles.